The predicted octanol–water partition coefficient (Wildman–Crippen LogP) is 3.84. The summed E-state index contributed by atoms with van der Waals surface area (Å²) in [4.78, 5) is 1.38. The minimum Gasteiger partial charge on any atom is -0.382 e. The van der Waals surface area contributed by atoms with Crippen LogP contribution in [0.2, 0.25) is 0 Å². The van der Waals surface area contributed by atoms with Crippen molar-refractivity contribution in [1.29, 1.82) is 0 Å². The highest BCUT2D eigenvalue weighted by Gasteiger charge is 1.96. The number of nitrogens with one attached hydrogen (secondary N) is 1. The van der Waals surface area contributed by atoms with Gasteiger partial charge >= 0.3 is 0 Å². The first-order valence-corrected chi connectivity index (χ1v) is 7.01. The lowest BCUT2D eigenvalue weighted by atomic mass is 10.3. The molecule has 0 aliphatic heterocycles. The van der Waals surface area contributed by atoms with Gasteiger partial charge in [0.15, 0.2) is 0 Å². The van der Waals surface area contributed by atoms with Crippen LogP contribution in [0.3, 0.4) is 0 Å². The average Bonchev–Trinajstić information content (AvgIpc) is 2.63. The van der Waals surface area contributed by atoms with Crippen LogP contribution in [0, 0.1) is 0 Å². The summed E-state index contributed by atoms with van der Waals surface area (Å²) in [5.41, 5.74) is 0. The van der Waals surface area contributed by atoms with Crippen molar-refractivity contribution in [2.24, 2.45) is 0 Å². The van der Waals surface area contributed by atoms with Crippen molar-refractivity contribution in [2.45, 2.75) is 26.3 Å². The van der Waals surface area contributed by atoms with E-state index in [-0.39, 0.29) is 12.4 Å². The van der Waals surface area contributed by atoms with E-state index in [0.29, 0.717) is 0 Å². The number of halogens is 2. The molecule has 1 aromatic heterocycles. The molecule has 1 aromatic rings. The lowest BCUT2D eigenvalue weighted by Crippen LogP contribution is -2.14. The third kappa shape index (κ3) is 7.63. The van der Waals surface area contributed by atoms with Crippen LogP contribution in [0.1, 0.15) is 24.6 Å². The van der Waals surface area contributed by atoms with Crippen LogP contribution in [0.15, 0.2) is 15.9 Å². The van der Waals surface area contributed by atoms with Crippen LogP contribution in [0.4, 0.5) is 0 Å². The molecule has 0 atom stereocenters. The third-order valence-electron chi connectivity index (χ3n) is 2.02. The maximum atomic E-state index is 5.27. The SMILES string of the molecule is CCOCCCCNCc1cc(Br)cs1.Cl. The summed E-state index contributed by atoms with van der Waals surface area (Å²) in [5, 5.41) is 5.54. The van der Waals surface area contributed by atoms with Gasteiger partial charge in [-0.05, 0) is 48.3 Å². The molecule has 0 fully saturated rings. The first kappa shape index (κ1) is 16.4. The van der Waals surface area contributed by atoms with Crippen LogP contribution in [-0.2, 0) is 11.3 Å². The van der Waals surface area contributed by atoms with Crippen molar-refractivity contribution in [2.75, 3.05) is 19.8 Å². The second kappa shape index (κ2) is 10.5. The van der Waals surface area contributed by atoms with Crippen molar-refractivity contribution in [1.82, 2.24) is 5.32 Å². The zero-order chi connectivity index (χ0) is 10.9. The second-order valence-electron chi connectivity index (χ2n) is 3.31. The van der Waals surface area contributed by atoms with Gasteiger partial charge in [0.25, 0.3) is 0 Å². The lowest BCUT2D eigenvalue weighted by Gasteiger charge is -2.03. The molecule has 0 saturated carbocycles. The zero-order valence-corrected chi connectivity index (χ0v) is 12.7. The van der Waals surface area contributed by atoms with E-state index < -0.39 is 0 Å². The highest BCUT2D eigenvalue weighted by atomic mass is 79.9. The van der Waals surface area contributed by atoms with Crippen LogP contribution < -0.4 is 5.32 Å². The van der Waals surface area contributed by atoms with Crippen molar-refractivity contribution in [3.63, 3.8) is 0 Å². The number of thiophene rings is 1. The van der Waals surface area contributed by atoms with Crippen LogP contribution >= 0.6 is 39.7 Å². The Hall–Kier alpha value is 0.390. The van der Waals surface area contributed by atoms with Gasteiger partial charge < -0.3 is 10.1 Å². The normalized spacial score (nSPS) is 10.1. The number of rotatable bonds is 8. The zero-order valence-electron chi connectivity index (χ0n) is 9.50. The molecule has 1 heterocycles. The summed E-state index contributed by atoms with van der Waals surface area (Å²) >= 11 is 5.24. The van der Waals surface area contributed by atoms with E-state index in [2.05, 4.69) is 32.7 Å². The van der Waals surface area contributed by atoms with Gasteiger partial charge in [0.05, 0.1) is 0 Å². The molecule has 0 bridgehead atoms. The monoisotopic (exact) mass is 327 g/mol. The van der Waals surface area contributed by atoms with E-state index in [1.807, 2.05) is 6.92 Å². The second-order valence-corrected chi connectivity index (χ2v) is 5.22. The molecule has 0 spiro atoms. The Morgan fingerprint density at radius 3 is 2.88 bits per heavy atom. The van der Waals surface area contributed by atoms with Crippen molar-refractivity contribution in [3.8, 4) is 0 Å². The molecule has 2 nitrogen and oxygen atoms in total. The Morgan fingerprint density at radius 1 is 1.44 bits per heavy atom. The maximum absolute atomic E-state index is 5.27. The van der Waals surface area contributed by atoms with Gasteiger partial charge in [-0.3, -0.25) is 0 Å². The Morgan fingerprint density at radius 2 is 2.25 bits per heavy atom. The molecular weight excluding hydrogens is 310 g/mol. The first-order valence-electron chi connectivity index (χ1n) is 5.34. The molecule has 0 unspecified atom stereocenters. The van der Waals surface area contributed by atoms with Crippen LogP contribution in [0.5, 0.6) is 0 Å². The van der Waals surface area contributed by atoms with Gasteiger partial charge in [0, 0.05) is 34.5 Å². The number of hydrogen-bond acceptors (Lipinski definition) is 3. The first-order chi connectivity index (χ1) is 7.33. The Bertz CT molecular complexity index is 270. The smallest absolute Gasteiger partial charge is 0.0466 e. The topological polar surface area (TPSA) is 21.3 Å². The average molecular weight is 329 g/mol. The van der Waals surface area contributed by atoms with E-state index in [9.17, 15) is 0 Å². The van der Waals surface area contributed by atoms with Gasteiger partial charge in [-0.2, -0.15) is 0 Å². The molecule has 5 heteroatoms. The van der Waals surface area contributed by atoms with Crippen LogP contribution in [0.25, 0.3) is 0 Å². The third-order valence-corrected chi connectivity index (χ3v) is 3.71. The fourth-order valence-corrected chi connectivity index (χ4v) is 2.68. The fourth-order valence-electron chi connectivity index (χ4n) is 1.26. The molecule has 94 valence electrons. The van der Waals surface area contributed by atoms with Gasteiger partial charge in [-0.25, -0.2) is 0 Å². The lowest BCUT2D eigenvalue weighted by molar-refractivity contribution is 0.143. The summed E-state index contributed by atoms with van der Waals surface area (Å²) in [5.74, 6) is 0. The van der Waals surface area contributed by atoms with Crippen molar-refractivity contribution in [3.05, 3.63) is 20.8 Å². The van der Waals surface area contributed by atoms with Gasteiger partial charge in [0.1, 0.15) is 0 Å². The number of ether oxygens (including phenoxy) is 1. The highest BCUT2D eigenvalue weighted by molar-refractivity contribution is 9.10. The molecule has 0 aliphatic rings. The predicted molar refractivity (Wildman–Crippen MR) is 76.7 cm³/mol. The molecule has 0 aliphatic carbocycles. The summed E-state index contributed by atoms with van der Waals surface area (Å²) in [6, 6.07) is 2.16. The summed E-state index contributed by atoms with van der Waals surface area (Å²) in [7, 11) is 0. The van der Waals surface area contributed by atoms with Crippen molar-refractivity contribution >= 4 is 39.7 Å². The molecule has 0 amide bonds. The minimum atomic E-state index is 0. The van der Waals surface area contributed by atoms with Gasteiger partial charge in [-0.15, -0.1) is 23.7 Å². The molecule has 1 N–H and O–H groups in total. The van der Waals surface area contributed by atoms with E-state index in [0.717, 1.165) is 32.7 Å². The largest absolute Gasteiger partial charge is 0.382 e. The molecule has 0 saturated heterocycles. The molecule has 0 aromatic carbocycles. The summed E-state index contributed by atoms with van der Waals surface area (Å²) in [6.07, 6.45) is 2.33. The van der Waals surface area contributed by atoms with E-state index in [1.54, 1.807) is 11.3 Å². The summed E-state index contributed by atoms with van der Waals surface area (Å²) < 4.78 is 6.45. The minimum absolute atomic E-state index is 0. The Kier molecular flexibility index (Phi) is 10.8. The van der Waals surface area contributed by atoms with Crippen LogP contribution in [-0.4, -0.2) is 19.8 Å². The Balaban J connectivity index is 0.00000225. The standard InChI is InChI=1S/C11H18BrNOS.ClH/c1-2-14-6-4-3-5-13-8-11-7-10(12)9-15-11;/h7,9,13H,2-6,8H2,1H3;1H. The number of unbranched alkanes of at least 4 members (excludes halogenated alkanes) is 1. The summed E-state index contributed by atoms with van der Waals surface area (Å²) in [6.45, 7) is 5.81. The quantitative estimate of drug-likeness (QED) is 0.732. The van der Waals surface area contributed by atoms with E-state index in [4.69, 9.17) is 4.74 Å². The molecule has 1 rings (SSSR count). The fraction of sp³-hybridized carbons (Fsp3) is 0.636. The van der Waals surface area contributed by atoms with E-state index in [1.165, 1.54) is 15.8 Å². The van der Waals surface area contributed by atoms with Crippen molar-refractivity contribution < 1.29 is 4.74 Å². The van der Waals surface area contributed by atoms with E-state index >= 15 is 0 Å². The molecule has 16 heavy (non-hydrogen) atoms. The maximum Gasteiger partial charge on any atom is 0.0466 e. The molecular formula is C11H19BrClNOS. The number of hydrogen-bond donors (Lipinski definition) is 1. The Labute approximate surface area is 116 Å². The molecule has 0 radical (unpaired) electrons. The van der Waals surface area contributed by atoms with Gasteiger partial charge in [-0.1, -0.05) is 0 Å². The highest BCUT2D eigenvalue weighted by Crippen LogP contribution is 2.19. The van der Waals surface area contributed by atoms with Gasteiger partial charge in [0.2, 0.25) is 0 Å².